The van der Waals surface area contributed by atoms with Crippen molar-refractivity contribution in [1.82, 2.24) is 40.6 Å². The average molecular weight is 737 g/mol. The molecule has 2 aliphatic heterocycles. The Labute approximate surface area is 302 Å². The van der Waals surface area contributed by atoms with Gasteiger partial charge in [0, 0.05) is 37.7 Å². The number of hydrogen-bond acceptors (Lipinski definition) is 8. The molecule has 1 saturated carbocycles. The second-order valence-corrected chi connectivity index (χ2v) is 14.9. The third-order valence-corrected chi connectivity index (χ3v) is 10.9. The molecule has 0 radical (unpaired) electrons. The van der Waals surface area contributed by atoms with Gasteiger partial charge in [-0.1, -0.05) is 0 Å². The Morgan fingerprint density at radius 2 is 1.81 bits per heavy atom. The number of H-pyrrole nitrogens is 1. The lowest BCUT2D eigenvalue weighted by Crippen LogP contribution is -2.58. The van der Waals surface area contributed by atoms with Crippen LogP contribution in [0.15, 0.2) is 36.8 Å². The summed E-state index contributed by atoms with van der Waals surface area (Å²) in [6, 6.07) is 4.46. The number of amides is 4. The number of aryl methyl sites for hydroxylation is 1. The summed E-state index contributed by atoms with van der Waals surface area (Å²) in [5, 5.41) is 15.4. The summed E-state index contributed by atoms with van der Waals surface area (Å²) in [5.74, 6) is -0.542. The van der Waals surface area contributed by atoms with Crippen LogP contribution in [0.25, 0.3) is 5.69 Å². The molecule has 0 atom stereocenters. The van der Waals surface area contributed by atoms with Gasteiger partial charge in [0.05, 0.1) is 35.9 Å². The van der Waals surface area contributed by atoms with Crippen molar-refractivity contribution in [1.29, 1.82) is 0 Å². The fourth-order valence-corrected chi connectivity index (χ4v) is 7.58. The number of aromatic nitrogens is 6. The highest BCUT2D eigenvalue weighted by atomic mass is 19.4. The van der Waals surface area contributed by atoms with Crippen LogP contribution in [0.2, 0.25) is 0 Å². The number of hydrogen-bond donors (Lipinski definition) is 3. The van der Waals surface area contributed by atoms with Crippen molar-refractivity contribution in [2.24, 2.45) is 5.41 Å². The van der Waals surface area contributed by atoms with E-state index in [1.54, 1.807) is 12.3 Å². The SMILES string of the molecule is Cc1cc(N2CCC(=O)NC2=O)cnc1N1CC2(CCC(c3cc(F)cc(-n4cc(C(=O)NCc5nc(C(C)(C)C(F)(F)F)n[nH]5)cn4)c3C)CC2)C1. The number of urea groups is 1. The predicted molar refractivity (Wildman–Crippen MR) is 185 cm³/mol. The van der Waals surface area contributed by atoms with Crippen LogP contribution in [0.4, 0.5) is 33.9 Å². The van der Waals surface area contributed by atoms with E-state index in [0.29, 0.717) is 17.9 Å². The predicted octanol–water partition coefficient (Wildman–Crippen LogP) is 5.52. The van der Waals surface area contributed by atoms with Crippen LogP contribution in [0, 0.1) is 25.1 Å². The summed E-state index contributed by atoms with van der Waals surface area (Å²) < 4.78 is 56.7. The van der Waals surface area contributed by atoms with Gasteiger partial charge < -0.3 is 10.2 Å². The van der Waals surface area contributed by atoms with Gasteiger partial charge in [-0.05, 0) is 94.2 Å². The number of carbonyl (C=O) groups excluding carboxylic acids is 3. The van der Waals surface area contributed by atoms with Gasteiger partial charge >= 0.3 is 12.2 Å². The average Bonchev–Trinajstić information content (AvgIpc) is 3.78. The minimum atomic E-state index is -4.55. The number of benzene rings is 1. The van der Waals surface area contributed by atoms with Crippen LogP contribution in [0.1, 0.15) is 90.6 Å². The van der Waals surface area contributed by atoms with E-state index < -0.39 is 35.2 Å². The van der Waals surface area contributed by atoms with Gasteiger partial charge in [-0.25, -0.2) is 23.8 Å². The molecule has 4 aromatic rings. The number of alkyl halides is 3. The quantitative estimate of drug-likeness (QED) is 0.200. The number of anilines is 2. The zero-order chi connectivity index (χ0) is 37.9. The largest absolute Gasteiger partial charge is 0.401 e. The molecule has 53 heavy (non-hydrogen) atoms. The number of nitrogens with zero attached hydrogens (tertiary/aromatic N) is 7. The molecule has 13 nitrogen and oxygen atoms in total. The molecule has 7 rings (SSSR count). The van der Waals surface area contributed by atoms with E-state index in [1.807, 2.05) is 19.9 Å². The molecule has 5 heterocycles. The molecule has 1 aromatic carbocycles. The van der Waals surface area contributed by atoms with E-state index >= 15 is 4.39 Å². The molecule has 4 amide bonds. The summed E-state index contributed by atoms with van der Waals surface area (Å²) in [7, 11) is 0. The van der Waals surface area contributed by atoms with Crippen molar-refractivity contribution < 1.29 is 31.9 Å². The monoisotopic (exact) mass is 736 g/mol. The second kappa shape index (κ2) is 13.3. The first-order valence-electron chi connectivity index (χ1n) is 17.5. The van der Waals surface area contributed by atoms with E-state index in [0.717, 1.165) is 75.1 Å². The molecular weight excluding hydrogens is 696 g/mol. The van der Waals surface area contributed by atoms with Crippen molar-refractivity contribution in [3.8, 4) is 5.69 Å². The summed E-state index contributed by atoms with van der Waals surface area (Å²) in [6.07, 6.45) is 3.95. The zero-order valence-corrected chi connectivity index (χ0v) is 29.8. The highest BCUT2D eigenvalue weighted by Crippen LogP contribution is 2.50. The smallest absolute Gasteiger partial charge is 0.355 e. The standard InChI is InChI=1S/C36H40F4N10O3/c1-20-11-25(49-10-7-29(51)45-33(49)53)15-41-30(20)48-18-35(19-48)8-5-22(6-9-35)26-12-24(37)13-27(21(26)2)50-17-23(14-43-50)31(52)42-16-28-44-32(47-46-28)34(3,4)36(38,39)40/h11-15,17,22H,5-10,16,18-19H2,1-4H3,(H,42,52)(H,44,46,47)(H,45,51,53). The maximum atomic E-state index is 15.1. The first-order valence-corrected chi connectivity index (χ1v) is 17.5. The van der Waals surface area contributed by atoms with Crippen molar-refractivity contribution in [2.45, 2.75) is 83.9 Å². The zero-order valence-electron chi connectivity index (χ0n) is 29.8. The highest BCUT2D eigenvalue weighted by molar-refractivity contribution is 6.05. The molecule has 2 saturated heterocycles. The van der Waals surface area contributed by atoms with Crippen molar-refractivity contribution >= 4 is 29.4 Å². The van der Waals surface area contributed by atoms with Crippen LogP contribution in [0.5, 0.6) is 0 Å². The molecule has 3 N–H and O–H groups in total. The van der Waals surface area contributed by atoms with Gasteiger partial charge in [-0.2, -0.15) is 23.4 Å². The van der Waals surface area contributed by atoms with Crippen molar-refractivity contribution in [2.75, 3.05) is 29.4 Å². The first kappa shape index (κ1) is 36.0. The van der Waals surface area contributed by atoms with E-state index in [9.17, 15) is 27.6 Å². The number of rotatable bonds is 8. The lowest BCUT2D eigenvalue weighted by molar-refractivity contribution is -0.182. The minimum Gasteiger partial charge on any atom is -0.355 e. The topological polar surface area (TPSA) is 154 Å². The second-order valence-electron chi connectivity index (χ2n) is 14.9. The minimum absolute atomic E-state index is 0.0680. The Morgan fingerprint density at radius 3 is 2.49 bits per heavy atom. The summed E-state index contributed by atoms with van der Waals surface area (Å²) in [6.45, 7) is 7.71. The van der Waals surface area contributed by atoms with Gasteiger partial charge in [-0.15, -0.1) is 0 Å². The molecule has 1 aliphatic carbocycles. The number of aromatic amines is 1. The molecule has 3 aliphatic rings. The molecule has 3 fully saturated rings. The summed E-state index contributed by atoms with van der Waals surface area (Å²) in [5.41, 5.74) is 1.97. The summed E-state index contributed by atoms with van der Waals surface area (Å²) >= 11 is 0. The lowest BCUT2D eigenvalue weighted by Gasteiger charge is -2.54. The number of carbonyl (C=O) groups is 3. The molecule has 1 spiro atoms. The van der Waals surface area contributed by atoms with Crippen LogP contribution in [-0.2, 0) is 16.8 Å². The highest BCUT2D eigenvalue weighted by Gasteiger charge is 2.51. The third-order valence-electron chi connectivity index (χ3n) is 10.9. The maximum Gasteiger partial charge on any atom is 0.401 e. The van der Waals surface area contributed by atoms with Gasteiger partial charge in [0.1, 0.15) is 22.9 Å². The maximum absolute atomic E-state index is 15.1. The third kappa shape index (κ3) is 6.83. The van der Waals surface area contributed by atoms with Crippen LogP contribution in [-0.4, -0.2) is 73.6 Å². The van der Waals surface area contributed by atoms with Crippen LogP contribution in [0.3, 0.4) is 0 Å². The van der Waals surface area contributed by atoms with Crippen molar-refractivity contribution in [3.05, 3.63) is 76.5 Å². The first-order chi connectivity index (χ1) is 25.0. The van der Waals surface area contributed by atoms with Gasteiger partial charge in [0.25, 0.3) is 5.91 Å². The Hall–Kier alpha value is -5.35. The van der Waals surface area contributed by atoms with Crippen LogP contribution >= 0.6 is 0 Å². The Bertz CT molecular complexity index is 2070. The van der Waals surface area contributed by atoms with E-state index in [-0.39, 0.29) is 41.6 Å². The fourth-order valence-electron chi connectivity index (χ4n) is 7.58. The molecular formula is C36H40F4N10O3. The normalized spacial score (nSPS) is 18.0. The Kier molecular flexibility index (Phi) is 9.01. The molecule has 17 heteroatoms. The van der Waals surface area contributed by atoms with E-state index in [1.165, 1.54) is 28.0 Å². The number of halogens is 4. The molecule has 0 unspecified atom stereocenters. The summed E-state index contributed by atoms with van der Waals surface area (Å²) in [4.78, 5) is 49.1. The van der Waals surface area contributed by atoms with Gasteiger partial charge in [-0.3, -0.25) is 24.9 Å². The number of nitrogens with one attached hydrogen (secondary N) is 3. The van der Waals surface area contributed by atoms with Gasteiger partial charge in [0.15, 0.2) is 5.82 Å². The molecule has 0 bridgehead atoms. The molecule has 3 aromatic heterocycles. The molecule has 280 valence electrons. The van der Waals surface area contributed by atoms with Crippen molar-refractivity contribution in [3.63, 3.8) is 0 Å². The van der Waals surface area contributed by atoms with Crippen LogP contribution < -0.4 is 20.4 Å². The van der Waals surface area contributed by atoms with Gasteiger partial charge in [0.2, 0.25) is 5.91 Å². The number of imide groups is 1. The van der Waals surface area contributed by atoms with E-state index in [4.69, 9.17) is 0 Å². The Morgan fingerprint density at radius 1 is 1.08 bits per heavy atom. The lowest BCUT2D eigenvalue weighted by atomic mass is 9.64. The Balaban J connectivity index is 0.962. The van der Waals surface area contributed by atoms with E-state index in [2.05, 4.69) is 40.8 Å². The fraction of sp³-hybridized carbons (Fsp3) is 0.472. The number of pyridine rings is 1.